The lowest BCUT2D eigenvalue weighted by molar-refractivity contribution is 1.12. The Kier molecular flexibility index (Phi) is 2.35. The van der Waals surface area contributed by atoms with Gasteiger partial charge in [0.25, 0.3) is 0 Å². The topological polar surface area (TPSA) is 155 Å². The Hall–Kier alpha value is -4.22. The Morgan fingerprint density at radius 3 is 0.692 bits per heavy atom. The van der Waals surface area contributed by atoms with Gasteiger partial charge in [0.1, 0.15) is 0 Å². The van der Waals surface area contributed by atoms with E-state index < -0.39 is 0 Å². The van der Waals surface area contributed by atoms with E-state index in [0.29, 0.717) is 45.2 Å². The maximum Gasteiger partial charge on any atom is 0.202 e. The number of hydrogen-bond acceptors (Lipinski definition) is 12. The van der Waals surface area contributed by atoms with Crippen molar-refractivity contribution in [2.45, 2.75) is 0 Å². The highest BCUT2D eigenvalue weighted by atomic mass is 15.1. The summed E-state index contributed by atoms with van der Waals surface area (Å²) in [5.74, 6) is 0. The first-order valence-corrected chi connectivity index (χ1v) is 7.42. The van der Waals surface area contributed by atoms with Crippen LogP contribution in [-0.4, -0.2) is 59.8 Å². The molecular weight excluding hydrogens is 336 g/mol. The lowest BCUT2D eigenvalue weighted by Crippen LogP contribution is -2.02. The summed E-state index contributed by atoms with van der Waals surface area (Å²) in [6.45, 7) is 0. The van der Waals surface area contributed by atoms with Crippen LogP contribution in [0.25, 0.3) is 56.5 Å². The molecule has 0 unspecified atom stereocenters. The Labute approximate surface area is 141 Å². The summed E-state index contributed by atoms with van der Waals surface area (Å²) in [6.07, 6.45) is 6.14. The molecule has 26 heavy (non-hydrogen) atoms. The zero-order valence-corrected chi connectivity index (χ0v) is 12.7. The number of nitrogens with zero attached hydrogens (tertiary/aromatic N) is 12. The van der Waals surface area contributed by atoms with Gasteiger partial charge in [-0.3, -0.25) is 0 Å². The molecule has 0 saturated carbocycles. The quantitative estimate of drug-likeness (QED) is 0.346. The zero-order valence-electron chi connectivity index (χ0n) is 12.7. The molecule has 0 spiro atoms. The van der Waals surface area contributed by atoms with Crippen LogP contribution in [0.3, 0.4) is 0 Å². The van der Waals surface area contributed by atoms with Crippen molar-refractivity contribution in [3.8, 4) is 0 Å². The molecule has 0 aliphatic carbocycles. The molecule has 0 aliphatic rings. The average molecular weight is 340 g/mol. The fraction of sp³-hybridized carbons (Fsp3) is 0. The molecule has 0 aliphatic heterocycles. The predicted octanol–water partition coefficient (Wildman–Crippen LogP) is 0.193. The lowest BCUT2D eigenvalue weighted by Gasteiger charge is -2.02. The molecule has 0 atom stereocenters. The Morgan fingerprint density at radius 1 is 0.269 bits per heavy atom. The molecule has 6 aromatic heterocycles. The van der Waals surface area contributed by atoms with Crippen molar-refractivity contribution >= 4 is 56.5 Å². The van der Waals surface area contributed by atoms with Gasteiger partial charge in [-0.25, -0.2) is 59.8 Å². The highest BCUT2D eigenvalue weighted by Crippen LogP contribution is 2.16. The second-order valence-electron chi connectivity index (χ2n) is 5.24. The second kappa shape index (κ2) is 4.66. The third-order valence-electron chi connectivity index (χ3n) is 3.62. The Bertz CT molecular complexity index is 1280. The summed E-state index contributed by atoms with van der Waals surface area (Å²) in [4.78, 5) is 51.3. The Balaban J connectivity index is 1.72. The van der Waals surface area contributed by atoms with Crippen LogP contribution in [-0.2, 0) is 0 Å². The number of rotatable bonds is 0. The number of hydrogen-bond donors (Lipinski definition) is 0. The summed E-state index contributed by atoms with van der Waals surface area (Å²) in [5.41, 5.74) is 3.26. The van der Waals surface area contributed by atoms with E-state index in [1.807, 2.05) is 0 Å². The van der Waals surface area contributed by atoms with E-state index in [9.17, 15) is 0 Å². The third kappa shape index (κ3) is 1.83. The monoisotopic (exact) mass is 340 g/mol. The van der Waals surface area contributed by atoms with Crippen molar-refractivity contribution in [2.75, 3.05) is 0 Å². The van der Waals surface area contributed by atoms with E-state index >= 15 is 0 Å². The molecule has 0 amide bonds. The first-order valence-electron chi connectivity index (χ1n) is 7.42. The van der Waals surface area contributed by atoms with Crippen molar-refractivity contribution in [3.05, 3.63) is 24.8 Å². The molecule has 120 valence electrons. The molecule has 6 heterocycles. The third-order valence-corrected chi connectivity index (χ3v) is 3.62. The van der Waals surface area contributed by atoms with Crippen molar-refractivity contribution in [1.29, 1.82) is 0 Å². The lowest BCUT2D eigenvalue weighted by atomic mass is 10.5. The van der Waals surface area contributed by atoms with Gasteiger partial charge in [-0.05, 0) is 0 Å². The molecule has 0 aromatic carbocycles. The van der Waals surface area contributed by atoms with Crippen molar-refractivity contribution in [2.24, 2.45) is 0 Å². The molecule has 12 heteroatoms. The summed E-state index contributed by atoms with van der Waals surface area (Å²) in [6, 6.07) is 0. The van der Waals surface area contributed by atoms with E-state index in [0.717, 1.165) is 0 Å². The van der Waals surface area contributed by atoms with Crippen molar-refractivity contribution in [1.82, 2.24) is 59.8 Å². The predicted molar refractivity (Wildman–Crippen MR) is 87.5 cm³/mol. The largest absolute Gasteiger partial charge is 0.232 e. The van der Waals surface area contributed by atoms with Crippen molar-refractivity contribution in [3.63, 3.8) is 0 Å². The molecule has 0 fully saturated rings. The van der Waals surface area contributed by atoms with Crippen LogP contribution >= 0.6 is 0 Å². The van der Waals surface area contributed by atoms with Gasteiger partial charge in [0.05, 0.1) is 0 Å². The van der Waals surface area contributed by atoms with Crippen molar-refractivity contribution < 1.29 is 0 Å². The number of fused-ring (bicyclic) bond motifs is 5. The van der Waals surface area contributed by atoms with Gasteiger partial charge in [0.2, 0.25) is 33.9 Å². The fourth-order valence-corrected chi connectivity index (χ4v) is 2.51. The molecule has 12 nitrogen and oxygen atoms in total. The highest BCUT2D eigenvalue weighted by Gasteiger charge is 2.13. The summed E-state index contributed by atoms with van der Waals surface area (Å²) in [5, 5.41) is 0. The minimum atomic E-state index is 0.278. The van der Waals surface area contributed by atoms with E-state index in [1.54, 1.807) is 0 Å². The molecule has 6 rings (SSSR count). The van der Waals surface area contributed by atoms with Crippen LogP contribution < -0.4 is 0 Å². The van der Waals surface area contributed by atoms with Gasteiger partial charge < -0.3 is 0 Å². The van der Waals surface area contributed by atoms with Crippen LogP contribution in [0.5, 0.6) is 0 Å². The maximum atomic E-state index is 4.38. The molecule has 0 bridgehead atoms. The summed E-state index contributed by atoms with van der Waals surface area (Å²) < 4.78 is 0. The standard InChI is InChI=1S/C14H4N12/c1-2-16-6-5(15-1)19-9-10(20-6)24-14-13(23-9)25-11-12(26-14)22-8-7(21-11)17-3-4-18-8/h1-4H. The normalized spacial score (nSPS) is 11.8. The highest BCUT2D eigenvalue weighted by molar-refractivity contribution is 5.86. The van der Waals surface area contributed by atoms with E-state index in [1.165, 1.54) is 24.8 Å². The fourth-order valence-electron chi connectivity index (χ4n) is 2.51. The van der Waals surface area contributed by atoms with E-state index in [2.05, 4.69) is 59.8 Å². The molecule has 0 saturated heterocycles. The van der Waals surface area contributed by atoms with Gasteiger partial charge in [-0.15, -0.1) is 0 Å². The van der Waals surface area contributed by atoms with Gasteiger partial charge in [-0.1, -0.05) is 0 Å². The van der Waals surface area contributed by atoms with Crippen LogP contribution in [0, 0.1) is 0 Å². The first-order chi connectivity index (χ1) is 12.8. The van der Waals surface area contributed by atoms with Crippen LogP contribution in [0.1, 0.15) is 0 Å². The average Bonchev–Trinajstić information content (AvgIpc) is 2.67. The van der Waals surface area contributed by atoms with Crippen LogP contribution in [0.15, 0.2) is 24.8 Å². The minimum absolute atomic E-state index is 0.278. The molecule has 6 aromatic rings. The Morgan fingerprint density at radius 2 is 0.462 bits per heavy atom. The maximum absolute atomic E-state index is 4.38. The smallest absolute Gasteiger partial charge is 0.202 e. The van der Waals surface area contributed by atoms with Gasteiger partial charge >= 0.3 is 0 Å². The van der Waals surface area contributed by atoms with Gasteiger partial charge in [-0.2, -0.15) is 0 Å². The SMILES string of the molecule is c1cnc2nc3nc4nc5nc6nccnc6nc5nc4nc3nc2n1. The molecular formula is C14H4N12. The van der Waals surface area contributed by atoms with Gasteiger partial charge in [0.15, 0.2) is 22.6 Å². The van der Waals surface area contributed by atoms with E-state index in [4.69, 9.17) is 0 Å². The molecule has 0 N–H and O–H groups in total. The molecule has 0 radical (unpaired) electrons. The van der Waals surface area contributed by atoms with Crippen LogP contribution in [0.4, 0.5) is 0 Å². The summed E-state index contributed by atoms with van der Waals surface area (Å²) >= 11 is 0. The van der Waals surface area contributed by atoms with Gasteiger partial charge in [0, 0.05) is 24.8 Å². The van der Waals surface area contributed by atoms with E-state index in [-0.39, 0.29) is 11.3 Å². The zero-order chi connectivity index (χ0) is 17.1. The number of aromatic nitrogens is 12. The minimum Gasteiger partial charge on any atom is -0.232 e. The second-order valence-corrected chi connectivity index (χ2v) is 5.24. The first kappa shape index (κ1) is 13.1. The van der Waals surface area contributed by atoms with Crippen LogP contribution in [0.2, 0.25) is 0 Å². The summed E-state index contributed by atoms with van der Waals surface area (Å²) in [7, 11) is 0.